The van der Waals surface area contributed by atoms with Gasteiger partial charge in [-0.05, 0) is 24.5 Å². The number of carbonyl (C=O) groups excluding carboxylic acids is 1. The number of ether oxygens (including phenoxy) is 1. The van der Waals surface area contributed by atoms with E-state index in [4.69, 9.17) is 5.73 Å². The molecule has 94 valence electrons. The largest absolute Gasteiger partial charge is 0.464 e. The van der Waals surface area contributed by atoms with Crippen LogP contribution in [0.2, 0.25) is 0 Å². The van der Waals surface area contributed by atoms with Crippen molar-refractivity contribution in [2.45, 2.75) is 4.90 Å². The fourth-order valence-corrected chi connectivity index (χ4v) is 2.03. The molecule has 0 saturated heterocycles. The summed E-state index contributed by atoms with van der Waals surface area (Å²) in [7, 11) is 1.30. The predicted molar refractivity (Wildman–Crippen MR) is 71.1 cm³/mol. The Morgan fingerprint density at radius 2 is 2.28 bits per heavy atom. The topological polar surface area (TPSA) is 70.1 Å². The van der Waals surface area contributed by atoms with E-state index in [2.05, 4.69) is 9.72 Å². The molecule has 6 heteroatoms. The third kappa shape index (κ3) is 2.19. The Bertz CT molecular complexity index is 580. The molecule has 0 saturated carbocycles. The molecule has 0 unspecified atom stereocenters. The first-order valence-electron chi connectivity index (χ1n) is 5.23. The van der Waals surface area contributed by atoms with E-state index in [0.29, 0.717) is 0 Å². The maximum absolute atomic E-state index is 11.4. The second kappa shape index (κ2) is 5.14. The molecule has 0 atom stereocenters. The van der Waals surface area contributed by atoms with Gasteiger partial charge in [-0.15, -0.1) is 11.8 Å². The van der Waals surface area contributed by atoms with Crippen LogP contribution in [-0.4, -0.2) is 28.9 Å². The quantitative estimate of drug-likeness (QED) is 0.677. The van der Waals surface area contributed by atoms with Crippen LogP contribution in [-0.2, 0) is 4.74 Å². The van der Waals surface area contributed by atoms with Crippen molar-refractivity contribution in [2.75, 3.05) is 19.1 Å². The number of anilines is 1. The number of esters is 1. The van der Waals surface area contributed by atoms with E-state index in [9.17, 15) is 4.79 Å². The molecule has 1 aromatic carbocycles. The summed E-state index contributed by atoms with van der Waals surface area (Å²) in [5, 5.41) is 0. The first-order valence-corrected chi connectivity index (χ1v) is 6.45. The Balaban J connectivity index is 2.45. The third-order valence-corrected chi connectivity index (χ3v) is 3.24. The van der Waals surface area contributed by atoms with Crippen molar-refractivity contribution < 1.29 is 9.53 Å². The fourth-order valence-electron chi connectivity index (χ4n) is 1.58. The summed E-state index contributed by atoms with van der Waals surface area (Å²) in [6.07, 6.45) is 3.51. The van der Waals surface area contributed by atoms with Crippen molar-refractivity contribution in [2.24, 2.45) is 0 Å². The second-order valence-electron chi connectivity index (χ2n) is 3.54. The van der Waals surface area contributed by atoms with Crippen LogP contribution in [0, 0.1) is 0 Å². The molecule has 18 heavy (non-hydrogen) atoms. The van der Waals surface area contributed by atoms with E-state index in [1.165, 1.54) is 13.4 Å². The lowest BCUT2D eigenvalue weighted by Crippen LogP contribution is -2.07. The summed E-state index contributed by atoms with van der Waals surface area (Å²) in [5.74, 6) is -0.257. The van der Waals surface area contributed by atoms with E-state index in [0.717, 1.165) is 10.6 Å². The molecular formula is C12H13N3O2S. The van der Waals surface area contributed by atoms with E-state index in [1.54, 1.807) is 16.3 Å². The number of thioether (sulfide) groups is 1. The van der Waals surface area contributed by atoms with E-state index < -0.39 is 5.97 Å². The number of rotatable bonds is 3. The van der Waals surface area contributed by atoms with E-state index in [1.807, 2.05) is 30.5 Å². The Kier molecular flexibility index (Phi) is 3.57. The summed E-state index contributed by atoms with van der Waals surface area (Å²) in [4.78, 5) is 16.5. The summed E-state index contributed by atoms with van der Waals surface area (Å²) in [5.41, 5.74) is 6.89. The van der Waals surface area contributed by atoms with Gasteiger partial charge in [-0.2, -0.15) is 0 Å². The van der Waals surface area contributed by atoms with Gasteiger partial charge in [0, 0.05) is 10.6 Å². The van der Waals surface area contributed by atoms with Crippen molar-refractivity contribution in [1.82, 2.24) is 9.55 Å². The van der Waals surface area contributed by atoms with Crippen LogP contribution in [0.4, 0.5) is 5.82 Å². The average Bonchev–Trinajstić information content (AvgIpc) is 2.80. The maximum Gasteiger partial charge on any atom is 0.360 e. The van der Waals surface area contributed by atoms with E-state index >= 15 is 0 Å². The van der Waals surface area contributed by atoms with Gasteiger partial charge in [-0.1, -0.05) is 6.07 Å². The predicted octanol–water partition coefficient (Wildman–Crippen LogP) is 1.96. The van der Waals surface area contributed by atoms with Gasteiger partial charge in [-0.3, -0.25) is 4.57 Å². The minimum absolute atomic E-state index is 0.132. The van der Waals surface area contributed by atoms with E-state index in [-0.39, 0.29) is 11.5 Å². The molecular weight excluding hydrogens is 250 g/mol. The van der Waals surface area contributed by atoms with Crippen LogP contribution < -0.4 is 5.73 Å². The first kappa shape index (κ1) is 12.5. The smallest absolute Gasteiger partial charge is 0.360 e. The SMILES string of the molecule is COC(=O)c1ncn(-c2cccc(SC)c2)c1N. The maximum atomic E-state index is 11.4. The molecule has 1 heterocycles. The molecule has 5 nitrogen and oxygen atoms in total. The summed E-state index contributed by atoms with van der Waals surface area (Å²) in [6, 6.07) is 7.81. The van der Waals surface area contributed by atoms with Crippen LogP contribution in [0.5, 0.6) is 0 Å². The number of nitrogens with zero attached hydrogens (tertiary/aromatic N) is 2. The number of benzene rings is 1. The molecule has 2 rings (SSSR count). The standard InChI is InChI=1S/C12H13N3O2S/c1-17-12(16)10-11(13)15(7-14-10)8-4-3-5-9(6-8)18-2/h3-7H,13H2,1-2H3. The Labute approximate surface area is 109 Å². The lowest BCUT2D eigenvalue weighted by molar-refractivity contribution is 0.0596. The minimum Gasteiger partial charge on any atom is -0.464 e. The molecule has 2 aromatic rings. The second-order valence-corrected chi connectivity index (χ2v) is 4.42. The number of imidazole rings is 1. The van der Waals surface area contributed by atoms with Crippen LogP contribution in [0.25, 0.3) is 5.69 Å². The Morgan fingerprint density at radius 3 is 2.94 bits per heavy atom. The van der Waals surface area contributed by atoms with Crippen LogP contribution >= 0.6 is 11.8 Å². The van der Waals surface area contributed by atoms with Crippen LogP contribution in [0.1, 0.15) is 10.5 Å². The number of methoxy groups -OCH3 is 1. The van der Waals surface area contributed by atoms with Gasteiger partial charge >= 0.3 is 5.97 Å². The number of nitrogens with two attached hydrogens (primary N) is 1. The van der Waals surface area contributed by atoms with Crippen molar-refractivity contribution >= 4 is 23.5 Å². The zero-order chi connectivity index (χ0) is 13.1. The van der Waals surface area contributed by atoms with Crippen molar-refractivity contribution in [1.29, 1.82) is 0 Å². The summed E-state index contributed by atoms with van der Waals surface area (Å²) in [6.45, 7) is 0. The molecule has 0 aliphatic rings. The lowest BCUT2D eigenvalue weighted by Gasteiger charge is -2.06. The van der Waals surface area contributed by atoms with Gasteiger partial charge in [0.15, 0.2) is 5.69 Å². The molecule has 1 aromatic heterocycles. The van der Waals surface area contributed by atoms with Crippen molar-refractivity contribution in [3.63, 3.8) is 0 Å². The highest BCUT2D eigenvalue weighted by Crippen LogP contribution is 2.22. The number of hydrogen-bond donors (Lipinski definition) is 1. The first-order chi connectivity index (χ1) is 8.67. The van der Waals surface area contributed by atoms with Crippen molar-refractivity contribution in [3.8, 4) is 5.69 Å². The molecule has 0 aliphatic heterocycles. The highest BCUT2D eigenvalue weighted by molar-refractivity contribution is 7.98. The monoisotopic (exact) mass is 263 g/mol. The Morgan fingerprint density at radius 1 is 1.50 bits per heavy atom. The zero-order valence-corrected chi connectivity index (χ0v) is 10.9. The molecule has 0 bridgehead atoms. The van der Waals surface area contributed by atoms with Crippen LogP contribution in [0.3, 0.4) is 0 Å². The van der Waals surface area contributed by atoms with Gasteiger partial charge in [0.25, 0.3) is 0 Å². The van der Waals surface area contributed by atoms with Crippen LogP contribution in [0.15, 0.2) is 35.5 Å². The van der Waals surface area contributed by atoms with Gasteiger partial charge in [-0.25, -0.2) is 9.78 Å². The number of nitrogen functional groups attached to an aromatic ring is 1. The third-order valence-electron chi connectivity index (χ3n) is 2.51. The summed E-state index contributed by atoms with van der Waals surface area (Å²) < 4.78 is 6.27. The fraction of sp³-hybridized carbons (Fsp3) is 0.167. The molecule has 0 fully saturated rings. The normalized spacial score (nSPS) is 10.3. The zero-order valence-electron chi connectivity index (χ0n) is 10.1. The average molecular weight is 263 g/mol. The number of aromatic nitrogens is 2. The highest BCUT2D eigenvalue weighted by atomic mass is 32.2. The molecule has 0 aliphatic carbocycles. The van der Waals surface area contributed by atoms with Gasteiger partial charge in [0.1, 0.15) is 12.1 Å². The van der Waals surface area contributed by atoms with Crippen molar-refractivity contribution in [3.05, 3.63) is 36.3 Å². The lowest BCUT2D eigenvalue weighted by atomic mass is 10.3. The number of hydrogen-bond acceptors (Lipinski definition) is 5. The van der Waals surface area contributed by atoms with Gasteiger partial charge in [0.2, 0.25) is 0 Å². The summed E-state index contributed by atoms with van der Waals surface area (Å²) >= 11 is 1.63. The van der Waals surface area contributed by atoms with Gasteiger partial charge in [0.05, 0.1) is 7.11 Å². The minimum atomic E-state index is -0.535. The highest BCUT2D eigenvalue weighted by Gasteiger charge is 2.16. The molecule has 0 radical (unpaired) electrons. The molecule has 0 amide bonds. The molecule has 0 spiro atoms. The number of carbonyl (C=O) groups is 1. The Hall–Kier alpha value is -1.95. The van der Waals surface area contributed by atoms with Gasteiger partial charge < -0.3 is 10.5 Å². The molecule has 2 N–H and O–H groups in total.